The summed E-state index contributed by atoms with van der Waals surface area (Å²) in [6, 6.07) is 0. The van der Waals surface area contributed by atoms with Crippen LogP contribution in [0.1, 0.15) is 12.8 Å². The molecule has 0 saturated carbocycles. The van der Waals surface area contributed by atoms with E-state index < -0.39 is 23.6 Å². The summed E-state index contributed by atoms with van der Waals surface area (Å²) in [5.41, 5.74) is 10.2. The molecular formula is C12H12N4O4S4. The standard InChI is InChI=1S/C12H12N4O4S4/c13-5(17)1-3-15-9(19)7(23-11(15)21)8-10(20)16(12(22)24-8)4-2-6(14)18/h1-4H2,(H2,13,17)(H2,14,18)/b8-7-. The molecule has 0 aromatic rings. The van der Waals surface area contributed by atoms with Gasteiger partial charge in [0.25, 0.3) is 11.8 Å². The van der Waals surface area contributed by atoms with Crippen LogP contribution in [0, 0.1) is 0 Å². The molecular weight excluding hydrogens is 392 g/mol. The Hall–Kier alpha value is -1.50. The lowest BCUT2D eigenvalue weighted by Crippen LogP contribution is -2.33. The predicted molar refractivity (Wildman–Crippen MR) is 98.5 cm³/mol. The number of rotatable bonds is 6. The molecule has 2 fully saturated rings. The number of thioether (sulfide) groups is 2. The highest BCUT2D eigenvalue weighted by Crippen LogP contribution is 2.42. The van der Waals surface area contributed by atoms with Gasteiger partial charge in [-0.1, -0.05) is 48.0 Å². The number of amides is 4. The number of hydrogen-bond donors (Lipinski definition) is 2. The van der Waals surface area contributed by atoms with E-state index in [4.69, 9.17) is 35.9 Å². The minimum atomic E-state index is -0.554. The number of thiocarbonyl (C=S) groups is 2. The Morgan fingerprint density at radius 2 is 1.17 bits per heavy atom. The first-order valence-corrected chi connectivity index (χ1v) is 9.05. The second-order valence-electron chi connectivity index (χ2n) is 4.74. The van der Waals surface area contributed by atoms with E-state index in [0.717, 1.165) is 23.5 Å². The highest BCUT2D eigenvalue weighted by atomic mass is 32.2. The Morgan fingerprint density at radius 1 is 0.833 bits per heavy atom. The van der Waals surface area contributed by atoms with E-state index in [2.05, 4.69) is 0 Å². The molecule has 0 bridgehead atoms. The summed E-state index contributed by atoms with van der Waals surface area (Å²) in [6.07, 6.45) is -0.0570. The normalized spacial score (nSPS) is 21.2. The zero-order valence-electron chi connectivity index (χ0n) is 12.1. The largest absolute Gasteiger partial charge is 0.370 e. The van der Waals surface area contributed by atoms with Gasteiger partial charge in [-0.05, 0) is 0 Å². The van der Waals surface area contributed by atoms with E-state index >= 15 is 0 Å². The quantitative estimate of drug-likeness (QED) is 0.455. The number of hydrogen-bond acceptors (Lipinski definition) is 8. The van der Waals surface area contributed by atoms with Gasteiger partial charge in [-0.3, -0.25) is 29.0 Å². The fourth-order valence-electron chi connectivity index (χ4n) is 1.90. The van der Waals surface area contributed by atoms with Crippen molar-refractivity contribution in [3.8, 4) is 0 Å². The molecule has 2 saturated heterocycles. The first-order valence-electron chi connectivity index (χ1n) is 6.60. The molecule has 0 aromatic heterocycles. The van der Waals surface area contributed by atoms with E-state index in [0.29, 0.717) is 0 Å². The van der Waals surface area contributed by atoms with Gasteiger partial charge in [0.2, 0.25) is 11.8 Å². The topological polar surface area (TPSA) is 127 Å². The summed E-state index contributed by atoms with van der Waals surface area (Å²) >= 11 is 12.2. The molecule has 4 N–H and O–H groups in total. The molecule has 2 aliphatic rings. The molecule has 0 atom stereocenters. The van der Waals surface area contributed by atoms with Crippen LogP contribution in [0.3, 0.4) is 0 Å². The van der Waals surface area contributed by atoms with Crippen molar-refractivity contribution in [2.75, 3.05) is 13.1 Å². The molecule has 12 heteroatoms. The number of primary amides is 2. The highest BCUT2D eigenvalue weighted by molar-refractivity contribution is 8.29. The van der Waals surface area contributed by atoms with Gasteiger partial charge in [0.15, 0.2) is 0 Å². The predicted octanol–water partition coefficient (Wildman–Crippen LogP) is -0.331. The van der Waals surface area contributed by atoms with Crippen LogP contribution in [0.5, 0.6) is 0 Å². The Morgan fingerprint density at radius 3 is 1.46 bits per heavy atom. The third-order valence-electron chi connectivity index (χ3n) is 3.07. The second-order valence-corrected chi connectivity index (χ2v) is 8.03. The minimum Gasteiger partial charge on any atom is -0.370 e. The van der Waals surface area contributed by atoms with E-state index in [1.165, 1.54) is 9.80 Å². The van der Waals surface area contributed by atoms with Gasteiger partial charge < -0.3 is 11.5 Å². The molecule has 24 heavy (non-hydrogen) atoms. The van der Waals surface area contributed by atoms with Crippen molar-refractivity contribution in [2.45, 2.75) is 12.8 Å². The Kier molecular flexibility index (Phi) is 5.96. The number of nitrogens with zero attached hydrogens (tertiary/aromatic N) is 2. The highest BCUT2D eigenvalue weighted by Gasteiger charge is 2.41. The summed E-state index contributed by atoms with van der Waals surface area (Å²) in [5.74, 6) is -2.02. The second kappa shape index (κ2) is 7.59. The molecule has 0 unspecified atom stereocenters. The Labute approximate surface area is 156 Å². The van der Waals surface area contributed by atoms with Crippen LogP contribution in [0.4, 0.5) is 0 Å². The monoisotopic (exact) mass is 404 g/mol. The number of nitrogens with two attached hydrogens (primary N) is 2. The molecule has 0 aromatic carbocycles. The van der Waals surface area contributed by atoms with Crippen molar-refractivity contribution in [1.82, 2.24) is 9.80 Å². The van der Waals surface area contributed by atoms with E-state index in [9.17, 15) is 19.2 Å². The maximum atomic E-state index is 12.4. The van der Waals surface area contributed by atoms with Gasteiger partial charge >= 0.3 is 0 Å². The fourth-order valence-corrected chi connectivity index (χ4v) is 4.67. The fraction of sp³-hybridized carbons (Fsp3) is 0.333. The molecule has 4 amide bonds. The van der Waals surface area contributed by atoms with Gasteiger partial charge in [0.1, 0.15) is 8.64 Å². The number of carbonyl (C=O) groups excluding carboxylic acids is 4. The molecule has 0 aliphatic carbocycles. The van der Waals surface area contributed by atoms with Crippen LogP contribution in [-0.4, -0.2) is 55.2 Å². The molecule has 128 valence electrons. The minimum absolute atomic E-state index is 0.0285. The Bertz CT molecular complexity index is 647. The smallest absolute Gasteiger partial charge is 0.267 e. The van der Waals surface area contributed by atoms with Crippen LogP contribution in [0.25, 0.3) is 0 Å². The summed E-state index contributed by atoms with van der Waals surface area (Å²) in [5, 5.41) is 0. The van der Waals surface area contributed by atoms with E-state index in [1.807, 2.05) is 0 Å². The molecule has 8 nitrogen and oxygen atoms in total. The average molecular weight is 405 g/mol. The van der Waals surface area contributed by atoms with Gasteiger partial charge in [0, 0.05) is 25.9 Å². The van der Waals surface area contributed by atoms with E-state index in [1.54, 1.807) is 0 Å². The van der Waals surface area contributed by atoms with Crippen LogP contribution < -0.4 is 11.5 Å². The third-order valence-corrected chi connectivity index (χ3v) is 6.09. The maximum Gasteiger partial charge on any atom is 0.267 e. The van der Waals surface area contributed by atoms with Gasteiger partial charge in [-0.2, -0.15) is 0 Å². The molecule has 0 spiro atoms. The van der Waals surface area contributed by atoms with Crippen LogP contribution in [0.2, 0.25) is 0 Å². The molecule has 2 heterocycles. The van der Waals surface area contributed by atoms with Gasteiger partial charge in [-0.25, -0.2) is 0 Å². The van der Waals surface area contributed by atoms with Crippen molar-refractivity contribution in [2.24, 2.45) is 11.5 Å². The third kappa shape index (κ3) is 3.94. The van der Waals surface area contributed by atoms with Crippen LogP contribution in [0.15, 0.2) is 9.81 Å². The van der Waals surface area contributed by atoms with Crippen molar-refractivity contribution < 1.29 is 19.2 Å². The molecule has 2 rings (SSSR count). The SMILES string of the molecule is NC(=O)CCN1C(=O)/C(=C2/SC(=S)N(CCC(N)=O)C2=O)SC1=S. The Balaban J connectivity index is 2.20. The summed E-state index contributed by atoms with van der Waals surface area (Å²) in [6.45, 7) is 0.122. The van der Waals surface area contributed by atoms with Gasteiger partial charge in [0.05, 0.1) is 9.81 Å². The lowest BCUT2D eigenvalue weighted by atomic mass is 10.3. The molecule has 2 aliphatic heterocycles. The first kappa shape index (κ1) is 18.8. The van der Waals surface area contributed by atoms with Crippen molar-refractivity contribution in [3.63, 3.8) is 0 Å². The van der Waals surface area contributed by atoms with Gasteiger partial charge in [-0.15, -0.1) is 0 Å². The van der Waals surface area contributed by atoms with E-state index in [-0.39, 0.29) is 44.4 Å². The lowest BCUT2D eigenvalue weighted by molar-refractivity contribution is -0.125. The summed E-state index contributed by atoms with van der Waals surface area (Å²) < 4.78 is 0.498. The summed E-state index contributed by atoms with van der Waals surface area (Å²) in [7, 11) is 0. The summed E-state index contributed by atoms with van der Waals surface area (Å²) in [4.78, 5) is 49.4. The first-order chi connectivity index (χ1) is 11.2. The maximum absolute atomic E-state index is 12.4. The average Bonchev–Trinajstić information content (AvgIpc) is 2.92. The van der Waals surface area contributed by atoms with Crippen molar-refractivity contribution in [1.29, 1.82) is 0 Å². The number of carbonyl (C=O) groups is 4. The van der Waals surface area contributed by atoms with Crippen molar-refractivity contribution >= 4 is 80.2 Å². The van der Waals surface area contributed by atoms with Crippen LogP contribution in [-0.2, 0) is 19.2 Å². The molecule has 0 radical (unpaired) electrons. The van der Waals surface area contributed by atoms with Crippen LogP contribution >= 0.6 is 48.0 Å². The zero-order valence-corrected chi connectivity index (χ0v) is 15.4. The van der Waals surface area contributed by atoms with Crippen molar-refractivity contribution in [3.05, 3.63) is 9.81 Å². The lowest BCUT2D eigenvalue weighted by Gasteiger charge is -2.13. The zero-order chi connectivity index (χ0) is 18.0.